The predicted octanol–water partition coefficient (Wildman–Crippen LogP) is 0.0797. The molecule has 1 aromatic rings. The number of anilines is 1. The Labute approximate surface area is 88.1 Å². The van der Waals surface area contributed by atoms with Gasteiger partial charge in [0.2, 0.25) is 11.3 Å². The fourth-order valence-electron chi connectivity index (χ4n) is 1.26. The first kappa shape index (κ1) is 11.3. The number of hydrogen-bond acceptors (Lipinski definition) is 3. The van der Waals surface area contributed by atoms with Gasteiger partial charge >= 0.3 is 0 Å². The summed E-state index contributed by atoms with van der Waals surface area (Å²) in [6.45, 7) is 1.76. The Hall–Kier alpha value is -1.78. The van der Waals surface area contributed by atoms with Gasteiger partial charge in [-0.15, -0.1) is 0 Å². The van der Waals surface area contributed by atoms with Crippen LogP contribution in [0.25, 0.3) is 0 Å². The van der Waals surface area contributed by atoms with Crippen molar-refractivity contribution < 1.29 is 4.79 Å². The van der Waals surface area contributed by atoms with Gasteiger partial charge in [-0.2, -0.15) is 0 Å². The highest BCUT2D eigenvalue weighted by atomic mass is 16.2. The molecule has 1 rings (SSSR count). The summed E-state index contributed by atoms with van der Waals surface area (Å²) in [6, 6.07) is 0.997. The van der Waals surface area contributed by atoms with Crippen LogP contribution in [0.5, 0.6) is 0 Å². The number of amides is 1. The van der Waals surface area contributed by atoms with Crippen LogP contribution in [0.15, 0.2) is 23.3 Å². The Balaban J connectivity index is 3.02. The van der Waals surface area contributed by atoms with E-state index in [0.717, 1.165) is 0 Å². The number of carbonyl (C=O) groups is 1. The first-order valence-corrected chi connectivity index (χ1v) is 4.62. The van der Waals surface area contributed by atoms with Crippen molar-refractivity contribution in [2.45, 2.75) is 13.0 Å². The van der Waals surface area contributed by atoms with Gasteiger partial charge in [0.1, 0.15) is 6.04 Å². The van der Waals surface area contributed by atoms with Gasteiger partial charge in [-0.3, -0.25) is 9.59 Å². The number of nitrogens with two attached hydrogens (primary N) is 1. The van der Waals surface area contributed by atoms with Gasteiger partial charge in [0, 0.05) is 32.6 Å². The molecule has 0 saturated carbocycles. The van der Waals surface area contributed by atoms with Crippen LogP contribution in [0.1, 0.15) is 13.0 Å². The van der Waals surface area contributed by atoms with Crippen molar-refractivity contribution in [3.8, 4) is 0 Å². The topological polar surface area (TPSA) is 68.3 Å². The zero-order chi connectivity index (χ0) is 11.6. The van der Waals surface area contributed by atoms with E-state index >= 15 is 0 Å². The Morgan fingerprint density at radius 1 is 1.53 bits per heavy atom. The van der Waals surface area contributed by atoms with E-state index in [2.05, 4.69) is 0 Å². The smallest absolute Gasteiger partial charge is 0.244 e. The molecule has 1 heterocycles. The maximum absolute atomic E-state index is 11.6. The fourth-order valence-corrected chi connectivity index (χ4v) is 1.26. The van der Waals surface area contributed by atoms with E-state index in [1.54, 1.807) is 31.8 Å². The maximum atomic E-state index is 11.6. The summed E-state index contributed by atoms with van der Waals surface area (Å²) in [6.07, 6.45) is 3.04. The number of hydrogen-bond donors (Lipinski definition) is 1. The molecular formula is C10H15N3O2. The molecule has 0 aliphatic rings. The van der Waals surface area contributed by atoms with Crippen molar-refractivity contribution in [3.05, 3.63) is 28.7 Å². The summed E-state index contributed by atoms with van der Waals surface area (Å²) in [5, 5.41) is 0. The molecule has 0 spiro atoms. The van der Waals surface area contributed by atoms with Gasteiger partial charge in [-0.25, -0.2) is 0 Å². The zero-order valence-electron chi connectivity index (χ0n) is 9.10. The monoisotopic (exact) mass is 209 g/mol. The lowest BCUT2D eigenvalue weighted by molar-refractivity contribution is -0.131. The third-order valence-corrected chi connectivity index (χ3v) is 2.22. The molecule has 0 aliphatic heterocycles. The van der Waals surface area contributed by atoms with E-state index in [4.69, 9.17) is 5.73 Å². The van der Waals surface area contributed by atoms with Crippen molar-refractivity contribution in [3.63, 3.8) is 0 Å². The Morgan fingerprint density at radius 2 is 2.13 bits per heavy atom. The lowest BCUT2D eigenvalue weighted by atomic mass is 10.2. The van der Waals surface area contributed by atoms with E-state index in [1.807, 2.05) is 0 Å². The van der Waals surface area contributed by atoms with Crippen LogP contribution in [0.3, 0.4) is 0 Å². The summed E-state index contributed by atoms with van der Waals surface area (Å²) in [5.74, 6) is -0.0435. The molecule has 2 N–H and O–H groups in total. The van der Waals surface area contributed by atoms with Crippen molar-refractivity contribution in [1.82, 2.24) is 9.47 Å². The van der Waals surface area contributed by atoms with Gasteiger partial charge in [0.25, 0.3) is 0 Å². The lowest BCUT2D eigenvalue weighted by Gasteiger charge is -2.19. The molecule has 0 bridgehead atoms. The van der Waals surface area contributed by atoms with Crippen LogP contribution in [0.2, 0.25) is 0 Å². The van der Waals surface area contributed by atoms with Crippen molar-refractivity contribution in [1.29, 1.82) is 0 Å². The third-order valence-electron chi connectivity index (χ3n) is 2.22. The molecule has 0 unspecified atom stereocenters. The Morgan fingerprint density at radius 3 is 2.60 bits per heavy atom. The van der Waals surface area contributed by atoms with Gasteiger partial charge in [0.05, 0.1) is 5.69 Å². The first-order valence-electron chi connectivity index (χ1n) is 4.62. The minimum Gasteiger partial charge on any atom is -0.394 e. The van der Waals surface area contributed by atoms with Gasteiger partial charge in [-0.05, 0) is 6.92 Å². The van der Waals surface area contributed by atoms with E-state index in [9.17, 15) is 9.59 Å². The Bertz CT molecular complexity index is 423. The average Bonchev–Trinajstić information content (AvgIpc) is 2.19. The standard InChI is InChI=1S/C10H15N3O2/c1-7(10(15)12(2)3)13-5-4-9(14)8(11)6-13/h4-7H,11H2,1-3H3/t7-/m1/s1. The molecule has 0 fully saturated rings. The molecule has 0 aliphatic carbocycles. The number of nitrogen functional groups attached to an aromatic ring is 1. The minimum absolute atomic E-state index is 0.0435. The Kier molecular flexibility index (Phi) is 3.14. The number of likely N-dealkylation sites (N-methyl/N-ethyl adjacent to an activating group) is 1. The van der Waals surface area contributed by atoms with E-state index in [-0.39, 0.29) is 23.1 Å². The molecule has 0 radical (unpaired) electrons. The molecule has 1 aromatic heterocycles. The van der Waals surface area contributed by atoms with E-state index in [1.165, 1.54) is 17.2 Å². The van der Waals surface area contributed by atoms with E-state index in [0.29, 0.717) is 0 Å². The number of nitrogens with zero attached hydrogens (tertiary/aromatic N) is 2. The third kappa shape index (κ3) is 2.37. The molecule has 82 valence electrons. The highest BCUT2D eigenvalue weighted by Gasteiger charge is 2.15. The zero-order valence-corrected chi connectivity index (χ0v) is 9.10. The van der Waals surface area contributed by atoms with Crippen LogP contribution >= 0.6 is 0 Å². The lowest BCUT2D eigenvalue weighted by Crippen LogP contribution is -2.30. The number of carbonyl (C=O) groups excluding carboxylic acids is 1. The SMILES string of the molecule is C[C@H](C(=O)N(C)C)n1ccc(=O)c(N)c1. The summed E-state index contributed by atoms with van der Waals surface area (Å²) in [5.41, 5.74) is 5.40. The first-order chi connectivity index (χ1) is 6.93. The number of rotatable bonds is 2. The minimum atomic E-state index is -0.358. The van der Waals surface area contributed by atoms with Crippen LogP contribution < -0.4 is 11.2 Å². The molecular weight excluding hydrogens is 194 g/mol. The summed E-state index contributed by atoms with van der Waals surface area (Å²) in [4.78, 5) is 24.2. The number of pyridine rings is 1. The second-order valence-corrected chi connectivity index (χ2v) is 3.62. The normalized spacial score (nSPS) is 12.2. The van der Waals surface area contributed by atoms with Crippen LogP contribution in [0.4, 0.5) is 5.69 Å². The number of aromatic nitrogens is 1. The molecule has 0 saturated heterocycles. The van der Waals surface area contributed by atoms with Gasteiger partial charge < -0.3 is 15.2 Å². The predicted molar refractivity (Wildman–Crippen MR) is 58.5 cm³/mol. The van der Waals surface area contributed by atoms with Crippen LogP contribution in [-0.2, 0) is 4.79 Å². The molecule has 5 nitrogen and oxygen atoms in total. The van der Waals surface area contributed by atoms with Crippen molar-refractivity contribution in [2.75, 3.05) is 19.8 Å². The summed E-state index contributed by atoms with van der Waals surface area (Å²) < 4.78 is 1.62. The van der Waals surface area contributed by atoms with Gasteiger partial charge in [-0.1, -0.05) is 0 Å². The fraction of sp³-hybridized carbons (Fsp3) is 0.400. The second kappa shape index (κ2) is 4.16. The second-order valence-electron chi connectivity index (χ2n) is 3.62. The molecule has 1 atom stereocenters. The van der Waals surface area contributed by atoms with Crippen molar-refractivity contribution >= 4 is 11.6 Å². The van der Waals surface area contributed by atoms with Crippen LogP contribution in [0, 0.1) is 0 Å². The molecule has 1 amide bonds. The summed E-state index contributed by atoms with van der Waals surface area (Å²) >= 11 is 0. The summed E-state index contributed by atoms with van der Waals surface area (Å²) in [7, 11) is 3.37. The highest BCUT2D eigenvalue weighted by molar-refractivity contribution is 5.79. The molecule has 15 heavy (non-hydrogen) atoms. The molecule has 0 aromatic carbocycles. The largest absolute Gasteiger partial charge is 0.394 e. The highest BCUT2D eigenvalue weighted by Crippen LogP contribution is 2.08. The molecule has 5 heteroatoms. The quantitative estimate of drug-likeness (QED) is 0.750. The van der Waals surface area contributed by atoms with Crippen LogP contribution in [-0.4, -0.2) is 29.5 Å². The van der Waals surface area contributed by atoms with Gasteiger partial charge in [0.15, 0.2) is 0 Å². The van der Waals surface area contributed by atoms with E-state index < -0.39 is 0 Å². The average molecular weight is 209 g/mol. The van der Waals surface area contributed by atoms with Crippen molar-refractivity contribution in [2.24, 2.45) is 0 Å². The maximum Gasteiger partial charge on any atom is 0.244 e.